The van der Waals surface area contributed by atoms with Gasteiger partial charge in [0, 0.05) is 37.2 Å². The Balaban J connectivity index is 1.98. The minimum atomic E-state index is 0.150. The van der Waals surface area contributed by atoms with Crippen molar-refractivity contribution in [3.63, 3.8) is 0 Å². The third kappa shape index (κ3) is 2.13. The molecule has 1 N–H and O–H groups in total. The zero-order valence-corrected chi connectivity index (χ0v) is 11.7. The molecule has 1 aliphatic rings. The van der Waals surface area contributed by atoms with Crippen LogP contribution in [0.15, 0.2) is 36.7 Å². The molecular formula is C16H17N3O. The second kappa shape index (κ2) is 4.96. The Bertz CT molecular complexity index is 667. The molecule has 0 saturated heterocycles. The van der Waals surface area contributed by atoms with Gasteiger partial charge in [0.1, 0.15) is 0 Å². The maximum Gasteiger partial charge on any atom is 0.231 e. The average Bonchev–Trinajstić information content (AvgIpc) is 2.74. The van der Waals surface area contributed by atoms with Crippen LogP contribution in [0.25, 0.3) is 11.1 Å². The smallest absolute Gasteiger partial charge is 0.231 e. The molecule has 1 aliphatic heterocycles. The Morgan fingerprint density at radius 2 is 2.10 bits per heavy atom. The van der Waals surface area contributed by atoms with Crippen molar-refractivity contribution in [2.24, 2.45) is 0 Å². The highest BCUT2D eigenvalue weighted by atomic mass is 16.2. The lowest BCUT2D eigenvalue weighted by Crippen LogP contribution is -2.20. The van der Waals surface area contributed by atoms with Crippen LogP contribution in [0.3, 0.4) is 0 Å². The van der Waals surface area contributed by atoms with Crippen LogP contribution in [0.4, 0.5) is 11.4 Å². The molecule has 4 nitrogen and oxygen atoms in total. The van der Waals surface area contributed by atoms with Crippen molar-refractivity contribution in [2.75, 3.05) is 23.8 Å². The first kappa shape index (κ1) is 12.7. The van der Waals surface area contributed by atoms with Gasteiger partial charge < -0.3 is 10.2 Å². The highest BCUT2D eigenvalue weighted by Gasteiger charge is 2.23. The fourth-order valence-corrected chi connectivity index (χ4v) is 2.55. The van der Waals surface area contributed by atoms with Gasteiger partial charge in [-0.05, 0) is 36.2 Å². The molecule has 0 spiro atoms. The molecule has 2 aromatic rings. The van der Waals surface area contributed by atoms with E-state index in [1.807, 2.05) is 31.6 Å². The molecule has 0 atom stereocenters. The lowest BCUT2D eigenvalue weighted by molar-refractivity contribution is -0.117. The molecule has 0 saturated carbocycles. The first-order valence-electron chi connectivity index (χ1n) is 6.78. The Kier molecular flexibility index (Phi) is 3.14. The SMILES string of the molecule is CCNc1cncc(-c2ccc3c(c2)CC(=O)N3C)c1. The molecule has 1 aromatic carbocycles. The van der Waals surface area contributed by atoms with Crippen molar-refractivity contribution in [3.8, 4) is 11.1 Å². The summed E-state index contributed by atoms with van der Waals surface area (Å²) >= 11 is 0. The Morgan fingerprint density at radius 1 is 1.25 bits per heavy atom. The van der Waals surface area contributed by atoms with Gasteiger partial charge in [0.05, 0.1) is 12.1 Å². The fraction of sp³-hybridized carbons (Fsp3) is 0.250. The van der Waals surface area contributed by atoms with E-state index in [1.54, 1.807) is 4.90 Å². The van der Waals surface area contributed by atoms with Crippen LogP contribution in [0.1, 0.15) is 12.5 Å². The number of carbonyl (C=O) groups is 1. The predicted molar refractivity (Wildman–Crippen MR) is 81.0 cm³/mol. The number of amides is 1. The van der Waals surface area contributed by atoms with Crippen LogP contribution >= 0.6 is 0 Å². The van der Waals surface area contributed by atoms with E-state index in [4.69, 9.17) is 0 Å². The van der Waals surface area contributed by atoms with Crippen molar-refractivity contribution >= 4 is 17.3 Å². The summed E-state index contributed by atoms with van der Waals surface area (Å²) in [5.41, 5.74) is 5.27. The maximum atomic E-state index is 11.7. The molecule has 0 radical (unpaired) electrons. The van der Waals surface area contributed by atoms with Crippen LogP contribution in [-0.4, -0.2) is 24.5 Å². The van der Waals surface area contributed by atoms with Crippen molar-refractivity contribution < 1.29 is 4.79 Å². The van der Waals surface area contributed by atoms with Crippen LogP contribution in [0, 0.1) is 0 Å². The average molecular weight is 267 g/mol. The Labute approximate surface area is 118 Å². The summed E-state index contributed by atoms with van der Waals surface area (Å²) in [6.45, 7) is 2.93. The Hall–Kier alpha value is -2.36. The van der Waals surface area contributed by atoms with E-state index in [-0.39, 0.29) is 5.91 Å². The van der Waals surface area contributed by atoms with Gasteiger partial charge in [-0.2, -0.15) is 0 Å². The zero-order valence-electron chi connectivity index (χ0n) is 11.7. The van der Waals surface area contributed by atoms with Gasteiger partial charge in [-0.3, -0.25) is 9.78 Å². The van der Waals surface area contributed by atoms with Crippen LogP contribution < -0.4 is 10.2 Å². The van der Waals surface area contributed by atoms with Gasteiger partial charge in [-0.25, -0.2) is 0 Å². The van der Waals surface area contributed by atoms with Crippen molar-refractivity contribution in [1.82, 2.24) is 4.98 Å². The van der Waals surface area contributed by atoms with Gasteiger partial charge in [0.15, 0.2) is 0 Å². The standard InChI is InChI=1S/C16H17N3O/c1-3-18-14-7-13(9-17-10-14)11-4-5-15-12(6-11)8-16(20)19(15)2/h4-7,9-10,18H,3,8H2,1-2H3. The zero-order chi connectivity index (χ0) is 14.1. The van der Waals surface area contributed by atoms with E-state index in [1.165, 1.54) is 0 Å². The minimum Gasteiger partial charge on any atom is -0.384 e. The van der Waals surface area contributed by atoms with Gasteiger partial charge in [0.25, 0.3) is 0 Å². The molecule has 0 bridgehead atoms. The van der Waals surface area contributed by atoms with Gasteiger partial charge in [0.2, 0.25) is 5.91 Å². The van der Waals surface area contributed by atoms with Gasteiger partial charge in [-0.1, -0.05) is 6.07 Å². The third-order valence-corrected chi connectivity index (χ3v) is 3.61. The molecule has 0 unspecified atom stereocenters. The van der Waals surface area contributed by atoms with Gasteiger partial charge >= 0.3 is 0 Å². The number of likely N-dealkylation sites (N-methyl/N-ethyl adjacent to an activating group) is 1. The number of aromatic nitrogens is 1. The minimum absolute atomic E-state index is 0.150. The third-order valence-electron chi connectivity index (χ3n) is 3.61. The molecule has 4 heteroatoms. The maximum absolute atomic E-state index is 11.7. The van der Waals surface area contributed by atoms with E-state index >= 15 is 0 Å². The summed E-state index contributed by atoms with van der Waals surface area (Å²) in [6, 6.07) is 8.22. The number of benzene rings is 1. The van der Waals surface area contributed by atoms with E-state index < -0.39 is 0 Å². The fourth-order valence-electron chi connectivity index (χ4n) is 2.55. The number of nitrogens with one attached hydrogen (secondary N) is 1. The second-order valence-corrected chi connectivity index (χ2v) is 4.97. The Morgan fingerprint density at radius 3 is 2.90 bits per heavy atom. The van der Waals surface area contributed by atoms with Crippen LogP contribution in [0.2, 0.25) is 0 Å². The molecule has 3 rings (SSSR count). The molecule has 1 amide bonds. The number of rotatable bonds is 3. The number of hydrogen-bond donors (Lipinski definition) is 1. The number of hydrogen-bond acceptors (Lipinski definition) is 3. The van der Waals surface area contributed by atoms with Crippen molar-refractivity contribution in [3.05, 3.63) is 42.2 Å². The second-order valence-electron chi connectivity index (χ2n) is 4.97. The highest BCUT2D eigenvalue weighted by molar-refractivity contribution is 6.01. The van der Waals surface area contributed by atoms with Crippen molar-refractivity contribution in [1.29, 1.82) is 0 Å². The topological polar surface area (TPSA) is 45.2 Å². The van der Waals surface area contributed by atoms with Crippen LogP contribution in [0.5, 0.6) is 0 Å². The van der Waals surface area contributed by atoms with Crippen molar-refractivity contribution in [2.45, 2.75) is 13.3 Å². The van der Waals surface area contributed by atoms with E-state index in [0.717, 1.165) is 34.6 Å². The quantitative estimate of drug-likeness (QED) is 0.930. The van der Waals surface area contributed by atoms with E-state index in [2.05, 4.69) is 29.4 Å². The molecule has 0 fully saturated rings. The van der Waals surface area contributed by atoms with Gasteiger partial charge in [-0.15, -0.1) is 0 Å². The summed E-state index contributed by atoms with van der Waals surface area (Å²) in [7, 11) is 1.82. The summed E-state index contributed by atoms with van der Waals surface area (Å²) in [4.78, 5) is 17.7. The van der Waals surface area contributed by atoms with Crippen LogP contribution in [-0.2, 0) is 11.2 Å². The molecule has 0 aliphatic carbocycles. The van der Waals surface area contributed by atoms with E-state index in [9.17, 15) is 4.79 Å². The lowest BCUT2D eigenvalue weighted by Gasteiger charge is -2.11. The summed E-state index contributed by atoms with van der Waals surface area (Å²) in [5.74, 6) is 0.150. The number of nitrogens with zero attached hydrogens (tertiary/aromatic N) is 2. The number of fused-ring (bicyclic) bond motifs is 1. The molecule has 20 heavy (non-hydrogen) atoms. The number of pyridine rings is 1. The summed E-state index contributed by atoms with van der Waals surface area (Å²) in [6.07, 6.45) is 4.15. The summed E-state index contributed by atoms with van der Waals surface area (Å²) in [5, 5.41) is 3.26. The molecule has 1 aromatic heterocycles. The predicted octanol–water partition coefficient (Wildman–Crippen LogP) is 2.70. The monoisotopic (exact) mass is 267 g/mol. The lowest BCUT2D eigenvalue weighted by atomic mass is 10.0. The summed E-state index contributed by atoms with van der Waals surface area (Å²) < 4.78 is 0. The largest absolute Gasteiger partial charge is 0.384 e. The van der Waals surface area contributed by atoms with E-state index in [0.29, 0.717) is 6.42 Å². The molecule has 2 heterocycles. The normalized spacial score (nSPS) is 13.5. The number of anilines is 2. The highest BCUT2D eigenvalue weighted by Crippen LogP contribution is 2.32. The first-order chi connectivity index (χ1) is 9.69. The molecule has 102 valence electrons. The number of carbonyl (C=O) groups excluding carboxylic acids is 1. The molecular weight excluding hydrogens is 250 g/mol. The first-order valence-corrected chi connectivity index (χ1v) is 6.78.